The molecule has 0 saturated heterocycles. The number of amides is 2. The molecule has 0 spiro atoms. The van der Waals surface area contributed by atoms with Crippen LogP contribution in [0.1, 0.15) is 13.3 Å². The van der Waals surface area contributed by atoms with Crippen LogP contribution in [0.5, 0.6) is 0 Å². The summed E-state index contributed by atoms with van der Waals surface area (Å²) in [4.78, 5) is 11.9. The van der Waals surface area contributed by atoms with E-state index in [9.17, 15) is 9.18 Å². The number of rotatable bonds is 6. The monoisotopic (exact) mass is 348 g/mol. The van der Waals surface area contributed by atoms with Crippen molar-refractivity contribution in [2.45, 2.75) is 18.9 Å². The Balaban J connectivity index is 2.67. The summed E-state index contributed by atoms with van der Waals surface area (Å²) in [6, 6.07) is 3.73. The number of halogens is 2. The summed E-state index contributed by atoms with van der Waals surface area (Å²) in [5.74, 6) is -0.402. The Morgan fingerprint density at radius 3 is 2.80 bits per heavy atom. The van der Waals surface area contributed by atoms with Crippen LogP contribution in [0.4, 0.5) is 14.9 Å². The number of nitrogens with one attached hydrogen (secondary N) is 2. The topological polar surface area (TPSA) is 70.6 Å². The second kappa shape index (κ2) is 7.56. The van der Waals surface area contributed by atoms with Gasteiger partial charge in [-0.05, 0) is 47.5 Å². The van der Waals surface area contributed by atoms with E-state index in [-0.39, 0.29) is 17.7 Å². The quantitative estimate of drug-likeness (QED) is 0.739. The number of anilines is 1. The van der Waals surface area contributed by atoms with Crippen LogP contribution >= 0.6 is 15.9 Å². The Morgan fingerprint density at radius 2 is 2.25 bits per heavy atom. The molecule has 0 radical (unpaired) electrons. The minimum absolute atomic E-state index is 0.0672. The second-order valence-corrected chi connectivity index (χ2v) is 5.53. The summed E-state index contributed by atoms with van der Waals surface area (Å²) in [5, 5.41) is 14.4. The fourth-order valence-corrected chi connectivity index (χ4v) is 2.13. The number of methoxy groups -OCH3 is 1. The Hall–Kier alpha value is -1.18. The van der Waals surface area contributed by atoms with E-state index in [0.717, 1.165) is 0 Å². The van der Waals surface area contributed by atoms with Crippen LogP contribution in [0.2, 0.25) is 0 Å². The fraction of sp³-hybridized carbons (Fsp3) is 0.462. The molecule has 0 fully saturated rings. The van der Waals surface area contributed by atoms with Gasteiger partial charge in [-0.15, -0.1) is 0 Å². The number of benzene rings is 1. The molecule has 1 aromatic rings. The molecule has 1 aromatic carbocycles. The van der Waals surface area contributed by atoms with Crippen LogP contribution in [0.15, 0.2) is 22.7 Å². The van der Waals surface area contributed by atoms with E-state index in [1.165, 1.54) is 25.3 Å². The number of ether oxygens (including phenoxy) is 1. The SMILES string of the molecule is COC[C@@](C)(CCO)NC(=O)Nc1ccc(F)c(Br)c1. The van der Waals surface area contributed by atoms with Gasteiger partial charge in [0, 0.05) is 19.4 Å². The van der Waals surface area contributed by atoms with Crippen molar-refractivity contribution in [3.63, 3.8) is 0 Å². The first-order chi connectivity index (χ1) is 9.40. The van der Waals surface area contributed by atoms with Crippen molar-refractivity contribution in [2.75, 3.05) is 25.6 Å². The molecular formula is C13H18BrFN2O3. The summed E-state index contributed by atoms with van der Waals surface area (Å²) < 4.78 is 18.4. The number of urea groups is 1. The average Bonchev–Trinajstić information content (AvgIpc) is 2.34. The van der Waals surface area contributed by atoms with Gasteiger partial charge in [0.1, 0.15) is 5.82 Å². The molecule has 1 atom stereocenters. The fourth-order valence-electron chi connectivity index (χ4n) is 1.75. The van der Waals surface area contributed by atoms with Crippen molar-refractivity contribution in [2.24, 2.45) is 0 Å². The van der Waals surface area contributed by atoms with Crippen molar-refractivity contribution in [3.8, 4) is 0 Å². The highest BCUT2D eigenvalue weighted by molar-refractivity contribution is 9.10. The third kappa shape index (κ3) is 5.07. The highest BCUT2D eigenvalue weighted by Gasteiger charge is 2.25. The first-order valence-electron chi connectivity index (χ1n) is 6.04. The molecule has 5 nitrogen and oxygen atoms in total. The maximum Gasteiger partial charge on any atom is 0.319 e. The number of hydrogen-bond acceptors (Lipinski definition) is 3. The zero-order valence-electron chi connectivity index (χ0n) is 11.4. The summed E-state index contributed by atoms with van der Waals surface area (Å²) >= 11 is 3.05. The number of hydrogen-bond donors (Lipinski definition) is 3. The lowest BCUT2D eigenvalue weighted by molar-refractivity contribution is 0.104. The van der Waals surface area contributed by atoms with Gasteiger partial charge in [-0.1, -0.05) is 0 Å². The van der Waals surface area contributed by atoms with Gasteiger partial charge in [0.05, 0.1) is 16.6 Å². The van der Waals surface area contributed by atoms with E-state index in [1.54, 1.807) is 6.92 Å². The van der Waals surface area contributed by atoms with Crippen LogP contribution in [-0.2, 0) is 4.74 Å². The van der Waals surface area contributed by atoms with Crippen LogP contribution in [-0.4, -0.2) is 37.0 Å². The molecule has 0 aliphatic rings. The van der Waals surface area contributed by atoms with Gasteiger partial charge in [-0.25, -0.2) is 9.18 Å². The first-order valence-corrected chi connectivity index (χ1v) is 6.83. The Morgan fingerprint density at radius 1 is 1.55 bits per heavy atom. The summed E-state index contributed by atoms with van der Waals surface area (Å²) in [5.41, 5.74) is -0.218. The number of carbonyl (C=O) groups excluding carboxylic acids is 1. The van der Waals surface area contributed by atoms with Crippen molar-refractivity contribution < 1.29 is 19.0 Å². The molecule has 112 valence electrons. The first kappa shape index (κ1) is 16.9. The van der Waals surface area contributed by atoms with E-state index >= 15 is 0 Å². The van der Waals surface area contributed by atoms with E-state index in [0.29, 0.717) is 12.1 Å². The molecule has 0 bridgehead atoms. The van der Waals surface area contributed by atoms with Crippen LogP contribution in [0, 0.1) is 5.82 Å². The maximum atomic E-state index is 13.1. The molecule has 20 heavy (non-hydrogen) atoms. The van der Waals surface area contributed by atoms with Gasteiger partial charge in [0.25, 0.3) is 0 Å². The van der Waals surface area contributed by atoms with Crippen LogP contribution in [0.3, 0.4) is 0 Å². The predicted octanol–water partition coefficient (Wildman–Crippen LogP) is 2.50. The summed E-state index contributed by atoms with van der Waals surface area (Å²) in [6.07, 6.45) is 0.362. The van der Waals surface area contributed by atoms with Crippen LogP contribution in [0.25, 0.3) is 0 Å². The average molecular weight is 349 g/mol. The van der Waals surface area contributed by atoms with E-state index < -0.39 is 17.4 Å². The largest absolute Gasteiger partial charge is 0.396 e. The Labute approximate surface area is 125 Å². The van der Waals surface area contributed by atoms with Gasteiger partial charge in [0.15, 0.2) is 0 Å². The standard InChI is InChI=1S/C13H18BrFN2O3/c1-13(5-6-18,8-20-2)17-12(19)16-9-3-4-11(15)10(14)7-9/h3-4,7,18H,5-6,8H2,1-2H3,(H2,16,17,19)/t13-/m1/s1. The van der Waals surface area contributed by atoms with Gasteiger partial charge in [0.2, 0.25) is 0 Å². The zero-order chi connectivity index (χ0) is 15.2. The Bertz CT molecular complexity index is 465. The van der Waals surface area contributed by atoms with Crippen molar-refractivity contribution >= 4 is 27.6 Å². The number of aliphatic hydroxyl groups is 1. The third-order valence-corrected chi connectivity index (χ3v) is 3.33. The molecule has 0 unspecified atom stereocenters. The highest BCUT2D eigenvalue weighted by atomic mass is 79.9. The zero-order valence-corrected chi connectivity index (χ0v) is 13.0. The third-order valence-electron chi connectivity index (χ3n) is 2.72. The lowest BCUT2D eigenvalue weighted by Crippen LogP contribution is -2.51. The molecule has 0 saturated carbocycles. The highest BCUT2D eigenvalue weighted by Crippen LogP contribution is 2.20. The van der Waals surface area contributed by atoms with Crippen molar-refractivity contribution in [3.05, 3.63) is 28.5 Å². The van der Waals surface area contributed by atoms with Crippen molar-refractivity contribution in [1.82, 2.24) is 5.32 Å². The molecule has 7 heteroatoms. The number of carbonyl (C=O) groups is 1. The minimum atomic E-state index is -0.676. The maximum absolute atomic E-state index is 13.1. The van der Waals surface area contributed by atoms with Gasteiger partial charge in [-0.3, -0.25) is 0 Å². The molecule has 2 amide bonds. The molecule has 3 N–H and O–H groups in total. The molecule has 0 heterocycles. The smallest absolute Gasteiger partial charge is 0.319 e. The van der Waals surface area contributed by atoms with E-state index in [2.05, 4.69) is 26.6 Å². The number of aliphatic hydroxyl groups excluding tert-OH is 1. The molecule has 0 aliphatic carbocycles. The van der Waals surface area contributed by atoms with Gasteiger partial charge >= 0.3 is 6.03 Å². The lowest BCUT2D eigenvalue weighted by Gasteiger charge is -2.29. The summed E-state index contributed by atoms with van der Waals surface area (Å²) in [7, 11) is 1.52. The lowest BCUT2D eigenvalue weighted by atomic mass is 10.00. The molecule has 1 rings (SSSR count). The second-order valence-electron chi connectivity index (χ2n) is 4.68. The van der Waals surface area contributed by atoms with E-state index in [4.69, 9.17) is 9.84 Å². The van der Waals surface area contributed by atoms with E-state index in [1.807, 2.05) is 0 Å². The summed E-state index contributed by atoms with van der Waals surface area (Å²) in [6.45, 7) is 1.98. The molecular weight excluding hydrogens is 331 g/mol. The normalized spacial score (nSPS) is 13.7. The van der Waals surface area contributed by atoms with Crippen LogP contribution < -0.4 is 10.6 Å². The molecule has 0 aromatic heterocycles. The van der Waals surface area contributed by atoms with Gasteiger partial charge < -0.3 is 20.5 Å². The van der Waals surface area contributed by atoms with Gasteiger partial charge in [-0.2, -0.15) is 0 Å². The Kier molecular flexibility index (Phi) is 6.38. The molecule has 0 aliphatic heterocycles. The van der Waals surface area contributed by atoms with Crippen molar-refractivity contribution in [1.29, 1.82) is 0 Å². The predicted molar refractivity (Wildman–Crippen MR) is 78.2 cm³/mol. The minimum Gasteiger partial charge on any atom is -0.396 e.